The molecule has 1 saturated heterocycles. The Hall–Kier alpha value is -1.32. The number of benzene rings is 1. The van der Waals surface area contributed by atoms with Gasteiger partial charge < -0.3 is 15.0 Å². The Morgan fingerprint density at radius 1 is 1.26 bits per heavy atom. The lowest BCUT2D eigenvalue weighted by molar-refractivity contribution is 0.245. The average Bonchev–Trinajstić information content (AvgIpc) is 2.48. The molecule has 0 bridgehead atoms. The first-order chi connectivity index (χ1) is 9.29. The van der Waals surface area contributed by atoms with Crippen LogP contribution in [-0.2, 0) is 0 Å². The highest BCUT2D eigenvalue weighted by Crippen LogP contribution is 2.18. The van der Waals surface area contributed by atoms with Crippen molar-refractivity contribution in [3.05, 3.63) is 35.9 Å². The van der Waals surface area contributed by atoms with Crippen LogP contribution in [0.15, 0.2) is 30.3 Å². The van der Waals surface area contributed by atoms with Gasteiger partial charge in [-0.15, -0.1) is 0 Å². The normalized spacial score (nSPS) is 17.5. The molecule has 1 aliphatic heterocycles. The van der Waals surface area contributed by atoms with Gasteiger partial charge in [-0.05, 0) is 36.6 Å². The predicted molar refractivity (Wildman–Crippen MR) is 80.6 cm³/mol. The van der Waals surface area contributed by atoms with Crippen molar-refractivity contribution >= 4 is 5.57 Å². The second kappa shape index (κ2) is 7.31. The Balaban J connectivity index is 1.83. The third-order valence-electron chi connectivity index (χ3n) is 3.65. The largest absolute Gasteiger partial charge is 0.497 e. The first-order valence-corrected chi connectivity index (χ1v) is 7.04. The number of ether oxygens (including phenoxy) is 1. The van der Waals surface area contributed by atoms with E-state index in [-0.39, 0.29) is 0 Å². The Morgan fingerprint density at radius 3 is 2.58 bits per heavy atom. The lowest BCUT2D eigenvalue weighted by Gasteiger charge is -2.26. The van der Waals surface area contributed by atoms with Crippen LogP contribution in [0, 0.1) is 0 Å². The van der Waals surface area contributed by atoms with E-state index in [1.54, 1.807) is 7.11 Å². The number of nitrogens with one attached hydrogen (secondary N) is 1. The van der Waals surface area contributed by atoms with Crippen LogP contribution in [0.2, 0.25) is 0 Å². The highest BCUT2D eigenvalue weighted by molar-refractivity contribution is 5.64. The summed E-state index contributed by atoms with van der Waals surface area (Å²) in [6.07, 6.45) is 3.46. The summed E-state index contributed by atoms with van der Waals surface area (Å²) in [5.74, 6) is 0.914. The van der Waals surface area contributed by atoms with Gasteiger partial charge in [0.25, 0.3) is 0 Å². The van der Waals surface area contributed by atoms with Gasteiger partial charge in [0.05, 0.1) is 7.11 Å². The molecule has 0 unspecified atom stereocenters. The molecule has 0 atom stereocenters. The van der Waals surface area contributed by atoms with Crippen LogP contribution in [0.5, 0.6) is 5.75 Å². The van der Waals surface area contributed by atoms with Gasteiger partial charge in [0.1, 0.15) is 5.75 Å². The Labute approximate surface area is 116 Å². The number of methoxy groups -OCH3 is 1. The number of rotatable bonds is 5. The lowest BCUT2D eigenvalue weighted by Crippen LogP contribution is -2.43. The molecule has 0 amide bonds. The number of allylic oxidation sites excluding steroid dienone is 1. The molecule has 1 N–H and O–H groups in total. The van der Waals surface area contributed by atoms with Crippen molar-refractivity contribution in [1.82, 2.24) is 10.2 Å². The molecule has 3 nitrogen and oxygen atoms in total. The van der Waals surface area contributed by atoms with Crippen molar-refractivity contribution in [2.24, 2.45) is 0 Å². The van der Waals surface area contributed by atoms with Crippen LogP contribution in [-0.4, -0.2) is 44.7 Å². The third-order valence-corrected chi connectivity index (χ3v) is 3.65. The molecule has 104 valence electrons. The smallest absolute Gasteiger partial charge is 0.118 e. The minimum absolute atomic E-state index is 0.914. The summed E-state index contributed by atoms with van der Waals surface area (Å²) in [5.41, 5.74) is 2.62. The van der Waals surface area contributed by atoms with E-state index in [4.69, 9.17) is 4.74 Å². The fourth-order valence-corrected chi connectivity index (χ4v) is 2.37. The maximum Gasteiger partial charge on any atom is 0.118 e. The van der Waals surface area contributed by atoms with Crippen molar-refractivity contribution in [3.63, 3.8) is 0 Å². The molecule has 0 aliphatic carbocycles. The second-order valence-electron chi connectivity index (χ2n) is 5.00. The number of hydrogen-bond acceptors (Lipinski definition) is 3. The van der Waals surface area contributed by atoms with E-state index >= 15 is 0 Å². The van der Waals surface area contributed by atoms with Crippen LogP contribution in [0.1, 0.15) is 18.9 Å². The van der Waals surface area contributed by atoms with Gasteiger partial charge in [-0.2, -0.15) is 0 Å². The van der Waals surface area contributed by atoms with Crippen LogP contribution in [0.25, 0.3) is 5.57 Å². The molecule has 1 aliphatic rings. The third kappa shape index (κ3) is 4.37. The molecule has 0 radical (unpaired) electrons. The zero-order valence-corrected chi connectivity index (χ0v) is 12.0. The summed E-state index contributed by atoms with van der Waals surface area (Å²) in [5, 5.41) is 3.38. The van der Waals surface area contributed by atoms with Gasteiger partial charge in [-0.3, -0.25) is 0 Å². The van der Waals surface area contributed by atoms with E-state index in [9.17, 15) is 0 Å². The van der Waals surface area contributed by atoms with E-state index in [1.807, 2.05) is 12.1 Å². The van der Waals surface area contributed by atoms with E-state index < -0.39 is 0 Å². The monoisotopic (exact) mass is 260 g/mol. The molecule has 1 aromatic rings. The van der Waals surface area contributed by atoms with Gasteiger partial charge in [-0.1, -0.05) is 18.2 Å². The van der Waals surface area contributed by atoms with Crippen molar-refractivity contribution in [2.45, 2.75) is 13.3 Å². The van der Waals surface area contributed by atoms with Crippen LogP contribution in [0.4, 0.5) is 0 Å². The summed E-state index contributed by atoms with van der Waals surface area (Å²) >= 11 is 0. The standard InChI is InChI=1S/C16H24N2O/c1-14(15-5-7-16(19-2)8-6-15)4-3-11-18-12-9-17-10-13-18/h4-8,17H,3,9-13H2,1-2H3/b14-4+. The zero-order chi connectivity index (χ0) is 13.5. The van der Waals surface area contributed by atoms with Gasteiger partial charge in [0.15, 0.2) is 0 Å². The average molecular weight is 260 g/mol. The summed E-state index contributed by atoms with van der Waals surface area (Å²) in [4.78, 5) is 2.52. The van der Waals surface area contributed by atoms with E-state index in [0.29, 0.717) is 0 Å². The molecule has 1 heterocycles. The lowest BCUT2D eigenvalue weighted by atomic mass is 10.1. The summed E-state index contributed by atoms with van der Waals surface area (Å²) in [6, 6.07) is 8.27. The minimum atomic E-state index is 0.914. The van der Waals surface area contributed by atoms with Crippen LogP contribution in [0.3, 0.4) is 0 Å². The van der Waals surface area contributed by atoms with Crippen LogP contribution >= 0.6 is 0 Å². The van der Waals surface area contributed by atoms with E-state index in [1.165, 1.54) is 24.2 Å². The van der Waals surface area contributed by atoms with Gasteiger partial charge >= 0.3 is 0 Å². The molecule has 0 saturated carbocycles. The number of hydrogen-bond donors (Lipinski definition) is 1. The van der Waals surface area contributed by atoms with Gasteiger partial charge in [0.2, 0.25) is 0 Å². The van der Waals surface area contributed by atoms with Crippen molar-refractivity contribution in [2.75, 3.05) is 39.8 Å². The highest BCUT2D eigenvalue weighted by atomic mass is 16.5. The van der Waals surface area contributed by atoms with Gasteiger partial charge in [0, 0.05) is 32.7 Å². The second-order valence-corrected chi connectivity index (χ2v) is 5.00. The molecule has 0 aromatic heterocycles. The van der Waals surface area contributed by atoms with Crippen molar-refractivity contribution in [3.8, 4) is 5.75 Å². The van der Waals surface area contributed by atoms with Crippen molar-refractivity contribution in [1.29, 1.82) is 0 Å². The quantitative estimate of drug-likeness (QED) is 0.880. The predicted octanol–water partition coefficient (Wildman–Crippen LogP) is 2.39. The number of nitrogens with zero attached hydrogens (tertiary/aromatic N) is 1. The zero-order valence-electron chi connectivity index (χ0n) is 12.0. The Bertz CT molecular complexity index is 405. The Morgan fingerprint density at radius 2 is 1.95 bits per heavy atom. The first-order valence-electron chi connectivity index (χ1n) is 7.04. The highest BCUT2D eigenvalue weighted by Gasteiger charge is 2.07. The molecule has 3 heteroatoms. The topological polar surface area (TPSA) is 24.5 Å². The summed E-state index contributed by atoms with van der Waals surface area (Å²) in [6.45, 7) is 7.95. The molecule has 1 fully saturated rings. The SMILES string of the molecule is COc1ccc(/C(C)=C/CCN2CCNCC2)cc1. The molecule has 0 spiro atoms. The van der Waals surface area contributed by atoms with E-state index in [2.05, 4.69) is 35.3 Å². The summed E-state index contributed by atoms with van der Waals surface area (Å²) in [7, 11) is 1.70. The van der Waals surface area contributed by atoms with E-state index in [0.717, 1.165) is 31.8 Å². The molecular formula is C16H24N2O. The fraction of sp³-hybridized carbons (Fsp3) is 0.500. The summed E-state index contributed by atoms with van der Waals surface area (Å²) < 4.78 is 5.18. The maximum atomic E-state index is 5.18. The van der Waals surface area contributed by atoms with Gasteiger partial charge in [-0.25, -0.2) is 0 Å². The Kier molecular flexibility index (Phi) is 5.43. The minimum Gasteiger partial charge on any atom is -0.497 e. The number of piperazine rings is 1. The molecule has 19 heavy (non-hydrogen) atoms. The molecular weight excluding hydrogens is 236 g/mol. The first kappa shape index (κ1) is 14.1. The molecule has 1 aromatic carbocycles. The van der Waals surface area contributed by atoms with Crippen LogP contribution < -0.4 is 10.1 Å². The van der Waals surface area contributed by atoms with Crippen molar-refractivity contribution < 1.29 is 4.74 Å². The maximum absolute atomic E-state index is 5.18. The fourth-order valence-electron chi connectivity index (χ4n) is 2.37. The molecule has 2 rings (SSSR count).